The maximum atomic E-state index is 8.71. The van der Waals surface area contributed by atoms with E-state index in [0.29, 0.717) is 0 Å². The second-order valence-electron chi connectivity index (χ2n) is 3.44. The van der Waals surface area contributed by atoms with Crippen LogP contribution in [-0.2, 0) is 0 Å². The highest BCUT2D eigenvalue weighted by atomic mass is 15.2. The van der Waals surface area contributed by atoms with Gasteiger partial charge in [-0.1, -0.05) is 0 Å². The van der Waals surface area contributed by atoms with Gasteiger partial charge in [-0.25, -0.2) is 9.97 Å². The number of hydrogen-bond acceptors (Lipinski definition) is 5. The second kappa shape index (κ2) is 4.71. The lowest BCUT2D eigenvalue weighted by Crippen LogP contribution is -2.28. The third-order valence-electron chi connectivity index (χ3n) is 2.40. The summed E-state index contributed by atoms with van der Waals surface area (Å²) in [6, 6.07) is 3.81. The number of anilines is 1. The molecule has 15 heavy (non-hydrogen) atoms. The Balaban J connectivity index is 2.16. The number of nitrogens with one attached hydrogen (secondary N) is 1. The quantitative estimate of drug-likeness (QED) is 0.703. The maximum absolute atomic E-state index is 8.71. The van der Waals surface area contributed by atoms with Crippen LogP contribution in [-0.4, -0.2) is 36.1 Å². The standard InChI is InChI=1S/C10H13N5/c11-8-9-13-4-2-10(14-9)15-6-1-3-12-5-7-15/h2,4,12H,1,3,5-7H2. The summed E-state index contributed by atoms with van der Waals surface area (Å²) in [6.45, 7) is 3.93. The molecule has 5 heteroatoms. The zero-order valence-electron chi connectivity index (χ0n) is 8.48. The van der Waals surface area contributed by atoms with Crippen LogP contribution in [0.1, 0.15) is 12.2 Å². The van der Waals surface area contributed by atoms with Crippen molar-refractivity contribution in [2.45, 2.75) is 6.42 Å². The normalized spacial score (nSPS) is 16.9. The first-order valence-electron chi connectivity index (χ1n) is 5.09. The molecule has 0 spiro atoms. The molecule has 1 aliphatic heterocycles. The van der Waals surface area contributed by atoms with Crippen LogP contribution in [0.15, 0.2) is 12.3 Å². The Morgan fingerprint density at radius 2 is 2.33 bits per heavy atom. The molecule has 1 aromatic rings. The van der Waals surface area contributed by atoms with E-state index in [0.717, 1.165) is 38.4 Å². The van der Waals surface area contributed by atoms with Crippen LogP contribution < -0.4 is 10.2 Å². The molecule has 0 saturated carbocycles. The molecular formula is C10H13N5. The number of nitriles is 1. The molecule has 1 saturated heterocycles. The van der Waals surface area contributed by atoms with Crippen LogP contribution in [0.25, 0.3) is 0 Å². The number of aromatic nitrogens is 2. The summed E-state index contributed by atoms with van der Waals surface area (Å²) in [7, 11) is 0. The summed E-state index contributed by atoms with van der Waals surface area (Å²) in [5.74, 6) is 1.09. The van der Waals surface area contributed by atoms with Gasteiger partial charge in [0.15, 0.2) is 0 Å². The van der Waals surface area contributed by atoms with Crippen molar-refractivity contribution in [3.63, 3.8) is 0 Å². The minimum atomic E-state index is 0.240. The highest BCUT2D eigenvalue weighted by Crippen LogP contribution is 2.10. The monoisotopic (exact) mass is 203 g/mol. The Hall–Kier alpha value is -1.67. The lowest BCUT2D eigenvalue weighted by molar-refractivity contribution is 0.724. The van der Waals surface area contributed by atoms with Crippen LogP contribution in [0.3, 0.4) is 0 Å². The molecule has 0 aromatic carbocycles. The number of hydrogen-bond donors (Lipinski definition) is 1. The molecule has 0 unspecified atom stereocenters. The Labute approximate surface area is 88.8 Å². The predicted octanol–water partition coefficient (Wildman–Crippen LogP) is 0.148. The summed E-state index contributed by atoms with van der Waals surface area (Å²) in [6.07, 6.45) is 2.74. The SMILES string of the molecule is N#Cc1nccc(N2CCCNCC2)n1. The van der Waals surface area contributed by atoms with Gasteiger partial charge in [-0.15, -0.1) is 0 Å². The molecule has 2 heterocycles. The van der Waals surface area contributed by atoms with E-state index < -0.39 is 0 Å². The van der Waals surface area contributed by atoms with E-state index in [1.54, 1.807) is 6.20 Å². The van der Waals surface area contributed by atoms with Gasteiger partial charge in [0.25, 0.3) is 0 Å². The van der Waals surface area contributed by atoms with Gasteiger partial charge < -0.3 is 10.2 Å². The second-order valence-corrected chi connectivity index (χ2v) is 3.44. The molecule has 1 N–H and O–H groups in total. The van der Waals surface area contributed by atoms with Crippen LogP contribution in [0.4, 0.5) is 5.82 Å². The summed E-state index contributed by atoms with van der Waals surface area (Å²) >= 11 is 0. The van der Waals surface area contributed by atoms with Crippen molar-refractivity contribution in [3.05, 3.63) is 18.1 Å². The molecule has 1 aromatic heterocycles. The van der Waals surface area contributed by atoms with Crippen molar-refractivity contribution in [1.82, 2.24) is 15.3 Å². The summed E-state index contributed by atoms with van der Waals surface area (Å²) in [4.78, 5) is 10.2. The number of nitrogens with zero attached hydrogens (tertiary/aromatic N) is 4. The third kappa shape index (κ3) is 2.42. The topological polar surface area (TPSA) is 64.8 Å². The molecule has 0 aliphatic carbocycles. The van der Waals surface area contributed by atoms with Crippen LogP contribution in [0.5, 0.6) is 0 Å². The smallest absolute Gasteiger partial charge is 0.234 e. The van der Waals surface area contributed by atoms with Crippen molar-refractivity contribution in [1.29, 1.82) is 5.26 Å². The lowest BCUT2D eigenvalue weighted by atomic mass is 10.4. The Morgan fingerprint density at radius 3 is 3.20 bits per heavy atom. The van der Waals surface area contributed by atoms with E-state index in [4.69, 9.17) is 5.26 Å². The van der Waals surface area contributed by atoms with E-state index in [2.05, 4.69) is 20.2 Å². The fourth-order valence-electron chi connectivity index (χ4n) is 1.65. The van der Waals surface area contributed by atoms with E-state index >= 15 is 0 Å². The first-order chi connectivity index (χ1) is 7.40. The van der Waals surface area contributed by atoms with Crippen LogP contribution >= 0.6 is 0 Å². The van der Waals surface area contributed by atoms with Crippen LogP contribution in [0, 0.1) is 11.3 Å². The zero-order valence-corrected chi connectivity index (χ0v) is 8.48. The van der Waals surface area contributed by atoms with Crippen molar-refractivity contribution in [2.24, 2.45) is 0 Å². The van der Waals surface area contributed by atoms with Gasteiger partial charge in [0.1, 0.15) is 11.9 Å². The highest BCUT2D eigenvalue weighted by Gasteiger charge is 2.10. The Morgan fingerprint density at radius 1 is 1.40 bits per heavy atom. The Bertz CT molecular complexity index is 362. The van der Waals surface area contributed by atoms with Crippen molar-refractivity contribution in [2.75, 3.05) is 31.1 Å². The maximum Gasteiger partial charge on any atom is 0.234 e. The molecule has 0 atom stereocenters. The zero-order chi connectivity index (χ0) is 10.5. The molecular weight excluding hydrogens is 190 g/mol. The minimum Gasteiger partial charge on any atom is -0.355 e. The molecule has 1 aliphatic rings. The van der Waals surface area contributed by atoms with Crippen molar-refractivity contribution in [3.8, 4) is 6.07 Å². The van der Waals surface area contributed by atoms with Gasteiger partial charge >= 0.3 is 0 Å². The first-order valence-corrected chi connectivity index (χ1v) is 5.09. The fourth-order valence-corrected chi connectivity index (χ4v) is 1.65. The van der Waals surface area contributed by atoms with Gasteiger partial charge in [-0.2, -0.15) is 5.26 Å². The largest absolute Gasteiger partial charge is 0.355 e. The lowest BCUT2D eigenvalue weighted by Gasteiger charge is -2.20. The minimum absolute atomic E-state index is 0.240. The van der Waals surface area contributed by atoms with Gasteiger partial charge in [-0.3, -0.25) is 0 Å². The van der Waals surface area contributed by atoms with Gasteiger partial charge in [-0.05, 0) is 19.0 Å². The fraction of sp³-hybridized carbons (Fsp3) is 0.500. The average Bonchev–Trinajstić information content (AvgIpc) is 2.58. The van der Waals surface area contributed by atoms with Crippen LogP contribution in [0.2, 0.25) is 0 Å². The summed E-state index contributed by atoms with van der Waals surface area (Å²) in [5.41, 5.74) is 0. The highest BCUT2D eigenvalue weighted by molar-refractivity contribution is 5.39. The van der Waals surface area contributed by atoms with E-state index in [-0.39, 0.29) is 5.82 Å². The van der Waals surface area contributed by atoms with E-state index in [1.807, 2.05) is 12.1 Å². The summed E-state index contributed by atoms with van der Waals surface area (Å²) < 4.78 is 0. The van der Waals surface area contributed by atoms with Gasteiger partial charge in [0, 0.05) is 25.8 Å². The number of rotatable bonds is 1. The molecule has 1 fully saturated rings. The average molecular weight is 203 g/mol. The molecule has 0 bridgehead atoms. The van der Waals surface area contributed by atoms with Crippen molar-refractivity contribution < 1.29 is 0 Å². The first kappa shape index (κ1) is 9.87. The van der Waals surface area contributed by atoms with E-state index in [9.17, 15) is 0 Å². The third-order valence-corrected chi connectivity index (χ3v) is 2.40. The predicted molar refractivity (Wildman–Crippen MR) is 56.4 cm³/mol. The van der Waals surface area contributed by atoms with Gasteiger partial charge in [0.05, 0.1) is 0 Å². The molecule has 0 radical (unpaired) electrons. The Kier molecular flexibility index (Phi) is 3.10. The summed E-state index contributed by atoms with van der Waals surface area (Å²) in [5, 5.41) is 12.0. The molecule has 2 rings (SSSR count). The van der Waals surface area contributed by atoms with Gasteiger partial charge in [0.2, 0.25) is 5.82 Å². The molecule has 5 nitrogen and oxygen atoms in total. The van der Waals surface area contributed by atoms with Crippen molar-refractivity contribution >= 4 is 5.82 Å². The molecule has 0 amide bonds. The van der Waals surface area contributed by atoms with E-state index in [1.165, 1.54) is 0 Å². The molecule has 78 valence electrons.